The Kier molecular flexibility index (Phi) is 3.56. The van der Waals surface area contributed by atoms with Gasteiger partial charge in [-0.15, -0.1) is 11.6 Å². The third-order valence-electron chi connectivity index (χ3n) is 2.41. The van der Waals surface area contributed by atoms with Gasteiger partial charge in [-0.3, -0.25) is 4.68 Å². The topological polar surface area (TPSA) is 30.7 Å². The van der Waals surface area contributed by atoms with Crippen molar-refractivity contribution in [1.82, 2.24) is 14.8 Å². The summed E-state index contributed by atoms with van der Waals surface area (Å²) in [6.07, 6.45) is -1.46. The average Bonchev–Trinajstić information content (AvgIpc) is 2.81. The zero-order valence-corrected chi connectivity index (χ0v) is 9.86. The van der Waals surface area contributed by atoms with E-state index in [1.807, 2.05) is 0 Å². The van der Waals surface area contributed by atoms with Gasteiger partial charge < -0.3 is 0 Å². The Balaban J connectivity index is 2.10. The summed E-state index contributed by atoms with van der Waals surface area (Å²) in [6, 6.07) is 4.78. The molecule has 0 saturated heterocycles. The Morgan fingerprint density at radius 3 is 2.39 bits per heavy atom. The molecule has 1 unspecified atom stereocenters. The molecule has 0 aliphatic heterocycles. The van der Waals surface area contributed by atoms with E-state index in [0.717, 1.165) is 12.1 Å². The van der Waals surface area contributed by atoms with E-state index in [2.05, 4.69) is 10.1 Å². The maximum absolute atomic E-state index is 12.4. The van der Waals surface area contributed by atoms with Crippen LogP contribution in [0.3, 0.4) is 0 Å². The molecule has 18 heavy (non-hydrogen) atoms. The molecule has 3 nitrogen and oxygen atoms in total. The molecular weight excluding hydrogens is 267 g/mol. The molecule has 0 bridgehead atoms. The summed E-state index contributed by atoms with van der Waals surface area (Å²) in [5, 5.41) is 3.43. The highest BCUT2D eigenvalue weighted by Crippen LogP contribution is 2.31. The van der Waals surface area contributed by atoms with Gasteiger partial charge in [-0.1, -0.05) is 12.1 Å². The number of halogens is 4. The molecule has 1 aromatic carbocycles. The van der Waals surface area contributed by atoms with Crippen LogP contribution in [0, 0.1) is 0 Å². The van der Waals surface area contributed by atoms with Gasteiger partial charge in [-0.25, -0.2) is 4.98 Å². The second-order valence-electron chi connectivity index (χ2n) is 3.70. The molecule has 1 atom stereocenters. The highest BCUT2D eigenvalue weighted by atomic mass is 35.5. The van der Waals surface area contributed by atoms with Crippen LogP contribution in [0.15, 0.2) is 36.9 Å². The van der Waals surface area contributed by atoms with Crippen molar-refractivity contribution in [3.63, 3.8) is 0 Å². The second kappa shape index (κ2) is 4.97. The van der Waals surface area contributed by atoms with Crippen LogP contribution in [0.1, 0.15) is 16.5 Å². The summed E-state index contributed by atoms with van der Waals surface area (Å²) in [7, 11) is 0. The quantitative estimate of drug-likeness (QED) is 0.805. The SMILES string of the molecule is FC(F)(F)c1ccc(C(Cl)Cn2cncn2)cc1. The lowest BCUT2D eigenvalue weighted by Crippen LogP contribution is -2.07. The normalized spacial score (nSPS) is 13.6. The molecule has 0 aliphatic rings. The summed E-state index contributed by atoms with van der Waals surface area (Å²) in [5.74, 6) is 0. The number of aromatic nitrogens is 3. The molecule has 1 heterocycles. The van der Waals surface area contributed by atoms with Crippen molar-refractivity contribution in [3.05, 3.63) is 48.0 Å². The van der Waals surface area contributed by atoms with Crippen molar-refractivity contribution in [3.8, 4) is 0 Å². The monoisotopic (exact) mass is 275 g/mol. The van der Waals surface area contributed by atoms with Gasteiger partial charge in [0.15, 0.2) is 0 Å². The number of hydrogen-bond donors (Lipinski definition) is 0. The van der Waals surface area contributed by atoms with Crippen molar-refractivity contribution in [2.75, 3.05) is 0 Å². The van der Waals surface area contributed by atoms with Crippen LogP contribution in [-0.2, 0) is 12.7 Å². The molecule has 0 aliphatic carbocycles. The third-order valence-corrected chi connectivity index (χ3v) is 2.80. The largest absolute Gasteiger partial charge is 0.416 e. The minimum absolute atomic E-state index is 0.354. The Morgan fingerprint density at radius 1 is 1.22 bits per heavy atom. The van der Waals surface area contributed by atoms with Gasteiger partial charge >= 0.3 is 6.18 Å². The van der Waals surface area contributed by atoms with Crippen LogP contribution in [0.5, 0.6) is 0 Å². The van der Waals surface area contributed by atoms with E-state index >= 15 is 0 Å². The molecule has 0 fully saturated rings. The van der Waals surface area contributed by atoms with Gasteiger partial charge in [0.05, 0.1) is 17.5 Å². The van der Waals surface area contributed by atoms with Crippen molar-refractivity contribution >= 4 is 11.6 Å². The highest BCUT2D eigenvalue weighted by Gasteiger charge is 2.30. The minimum Gasteiger partial charge on any atom is -0.251 e. The van der Waals surface area contributed by atoms with E-state index in [9.17, 15) is 13.2 Å². The number of nitrogens with zero attached hydrogens (tertiary/aromatic N) is 3. The fourth-order valence-corrected chi connectivity index (χ4v) is 1.76. The Bertz CT molecular complexity index is 493. The molecule has 2 aromatic rings. The van der Waals surface area contributed by atoms with Gasteiger partial charge in [0.2, 0.25) is 0 Å². The number of rotatable bonds is 3. The van der Waals surface area contributed by atoms with Gasteiger partial charge in [-0.05, 0) is 17.7 Å². The summed E-state index contributed by atoms with van der Waals surface area (Å²) in [6.45, 7) is 0.354. The lowest BCUT2D eigenvalue weighted by atomic mass is 10.1. The van der Waals surface area contributed by atoms with E-state index in [1.54, 1.807) is 0 Å². The van der Waals surface area contributed by atoms with E-state index in [4.69, 9.17) is 11.6 Å². The highest BCUT2D eigenvalue weighted by molar-refractivity contribution is 6.20. The fraction of sp³-hybridized carbons (Fsp3) is 0.273. The fourth-order valence-electron chi connectivity index (χ4n) is 1.48. The first-order valence-electron chi connectivity index (χ1n) is 5.10. The first kappa shape index (κ1) is 12.9. The number of benzene rings is 1. The van der Waals surface area contributed by atoms with Crippen molar-refractivity contribution in [1.29, 1.82) is 0 Å². The maximum Gasteiger partial charge on any atom is 0.416 e. The van der Waals surface area contributed by atoms with Gasteiger partial charge in [0.1, 0.15) is 12.7 Å². The van der Waals surface area contributed by atoms with Crippen molar-refractivity contribution in [2.45, 2.75) is 18.1 Å². The summed E-state index contributed by atoms with van der Waals surface area (Å²) >= 11 is 6.09. The van der Waals surface area contributed by atoms with E-state index in [0.29, 0.717) is 12.1 Å². The van der Waals surface area contributed by atoms with Crippen molar-refractivity contribution < 1.29 is 13.2 Å². The number of hydrogen-bond acceptors (Lipinski definition) is 2. The average molecular weight is 276 g/mol. The predicted octanol–water partition coefficient (Wildman–Crippen LogP) is 3.28. The van der Waals surface area contributed by atoms with Crippen LogP contribution < -0.4 is 0 Å². The van der Waals surface area contributed by atoms with E-state index in [1.165, 1.54) is 29.5 Å². The predicted molar refractivity (Wildman–Crippen MR) is 60.1 cm³/mol. The molecule has 0 saturated carbocycles. The first-order chi connectivity index (χ1) is 8.47. The number of alkyl halides is 4. The van der Waals surface area contributed by atoms with E-state index < -0.39 is 17.1 Å². The Hall–Kier alpha value is -1.56. The van der Waals surface area contributed by atoms with Gasteiger partial charge in [0, 0.05) is 0 Å². The molecule has 0 radical (unpaired) electrons. The van der Waals surface area contributed by atoms with Gasteiger partial charge in [0.25, 0.3) is 0 Å². The Labute approximate surface area is 106 Å². The van der Waals surface area contributed by atoms with E-state index in [-0.39, 0.29) is 0 Å². The van der Waals surface area contributed by atoms with Gasteiger partial charge in [-0.2, -0.15) is 18.3 Å². The van der Waals surface area contributed by atoms with Crippen molar-refractivity contribution in [2.24, 2.45) is 0 Å². The minimum atomic E-state index is -4.33. The van der Waals surface area contributed by atoms with Crippen LogP contribution in [0.2, 0.25) is 0 Å². The molecule has 7 heteroatoms. The molecule has 0 amide bonds. The lowest BCUT2D eigenvalue weighted by molar-refractivity contribution is -0.137. The Morgan fingerprint density at radius 2 is 1.89 bits per heavy atom. The molecule has 0 spiro atoms. The van der Waals surface area contributed by atoms with Crippen LogP contribution in [0.4, 0.5) is 13.2 Å². The zero-order chi connectivity index (χ0) is 13.2. The second-order valence-corrected chi connectivity index (χ2v) is 4.23. The van der Waals surface area contributed by atoms with Crippen LogP contribution in [0.25, 0.3) is 0 Å². The zero-order valence-electron chi connectivity index (χ0n) is 9.10. The summed E-state index contributed by atoms with van der Waals surface area (Å²) in [5.41, 5.74) is -0.0731. The smallest absolute Gasteiger partial charge is 0.251 e. The molecule has 1 aromatic heterocycles. The molecule has 2 rings (SSSR count). The third kappa shape index (κ3) is 3.01. The maximum atomic E-state index is 12.4. The molecular formula is C11H9ClF3N3. The lowest BCUT2D eigenvalue weighted by Gasteiger charge is -2.11. The molecule has 96 valence electrons. The first-order valence-corrected chi connectivity index (χ1v) is 5.54. The standard InChI is InChI=1S/C11H9ClF3N3/c12-10(5-18-7-16-6-17-18)8-1-3-9(4-2-8)11(13,14)15/h1-4,6-7,10H,5H2. The molecule has 0 N–H and O–H groups in total. The van der Waals surface area contributed by atoms with Crippen LogP contribution >= 0.6 is 11.6 Å². The summed E-state index contributed by atoms with van der Waals surface area (Å²) < 4.78 is 38.6. The van der Waals surface area contributed by atoms with Crippen LogP contribution in [-0.4, -0.2) is 14.8 Å². The summed E-state index contributed by atoms with van der Waals surface area (Å²) in [4.78, 5) is 3.76.